The molecule has 0 aromatic heterocycles. The maximum atomic E-state index is 11.6. The van der Waals surface area contributed by atoms with Gasteiger partial charge in [-0.15, -0.1) is 0 Å². The van der Waals surface area contributed by atoms with Crippen LogP contribution in [0.4, 0.5) is 0 Å². The molecule has 0 unspecified atom stereocenters. The summed E-state index contributed by atoms with van der Waals surface area (Å²) >= 11 is 0. The molecule has 1 fully saturated rings. The zero-order valence-electron chi connectivity index (χ0n) is 11.6. The molecule has 5 nitrogen and oxygen atoms in total. The van der Waals surface area contributed by atoms with E-state index >= 15 is 0 Å². The summed E-state index contributed by atoms with van der Waals surface area (Å²) in [7, 11) is -1.31. The van der Waals surface area contributed by atoms with Crippen molar-refractivity contribution >= 4 is 10.1 Å². The van der Waals surface area contributed by atoms with Gasteiger partial charge in [0.15, 0.2) is 0 Å². The molecule has 18 heavy (non-hydrogen) atoms. The van der Waals surface area contributed by atoms with Crippen LogP contribution in [0.15, 0.2) is 11.6 Å². The average Bonchev–Trinajstić information content (AvgIpc) is 2.27. The molecule has 1 saturated heterocycles. The van der Waals surface area contributed by atoms with Gasteiger partial charge in [-0.2, -0.15) is 8.42 Å². The second kappa shape index (κ2) is 7.23. The topological polar surface area (TPSA) is 49.9 Å². The van der Waals surface area contributed by atoms with E-state index in [0.717, 1.165) is 31.8 Å². The molecule has 0 N–H and O–H groups in total. The molecule has 0 amide bonds. The minimum atomic E-state index is -3.39. The first-order valence-electron chi connectivity index (χ1n) is 6.30. The third-order valence-electron chi connectivity index (χ3n) is 2.99. The molecule has 1 aliphatic rings. The van der Waals surface area contributed by atoms with Gasteiger partial charge in [0.2, 0.25) is 0 Å². The Hall–Kier alpha value is -0.430. The van der Waals surface area contributed by atoms with Gasteiger partial charge in [0.1, 0.15) is 0 Å². The van der Waals surface area contributed by atoms with Crippen LogP contribution in [0.25, 0.3) is 0 Å². The summed E-state index contributed by atoms with van der Waals surface area (Å²) in [6, 6.07) is 0. The SMILES string of the molecule is CC(C)=CCOS(=O)(=O)CCN1CCN(C)CC1. The number of allylic oxidation sites excluding steroid dienone is 1. The highest BCUT2D eigenvalue weighted by molar-refractivity contribution is 7.86. The molecule has 0 bridgehead atoms. The first-order chi connectivity index (χ1) is 8.39. The number of likely N-dealkylation sites (N-methyl/N-ethyl adjacent to an activating group) is 1. The molecule has 0 aromatic carbocycles. The Labute approximate surface area is 111 Å². The first kappa shape index (κ1) is 15.6. The summed E-state index contributed by atoms with van der Waals surface area (Å²) in [4.78, 5) is 4.41. The highest BCUT2D eigenvalue weighted by Gasteiger charge is 2.17. The van der Waals surface area contributed by atoms with E-state index < -0.39 is 10.1 Å². The van der Waals surface area contributed by atoms with Gasteiger partial charge in [0, 0.05) is 32.7 Å². The lowest BCUT2D eigenvalue weighted by atomic mass is 10.3. The van der Waals surface area contributed by atoms with E-state index in [1.54, 1.807) is 6.08 Å². The van der Waals surface area contributed by atoms with Crippen molar-refractivity contribution in [3.05, 3.63) is 11.6 Å². The summed E-state index contributed by atoms with van der Waals surface area (Å²) in [5, 5.41) is 0. The zero-order valence-corrected chi connectivity index (χ0v) is 12.4. The predicted molar refractivity (Wildman–Crippen MR) is 73.1 cm³/mol. The summed E-state index contributed by atoms with van der Waals surface area (Å²) in [5.74, 6) is 0.0767. The number of rotatable bonds is 6. The Kier molecular flexibility index (Phi) is 6.28. The Bertz CT molecular complexity index is 367. The third-order valence-corrected chi connectivity index (χ3v) is 4.17. The van der Waals surface area contributed by atoms with Crippen LogP contribution in [0, 0.1) is 0 Å². The minimum Gasteiger partial charge on any atom is -0.304 e. The number of nitrogens with zero attached hydrogens (tertiary/aromatic N) is 2. The summed E-state index contributed by atoms with van der Waals surface area (Å²) in [6.07, 6.45) is 1.77. The number of piperazine rings is 1. The maximum absolute atomic E-state index is 11.6. The van der Waals surface area contributed by atoms with Crippen molar-refractivity contribution in [2.45, 2.75) is 13.8 Å². The van der Waals surface area contributed by atoms with Crippen molar-refractivity contribution in [1.29, 1.82) is 0 Å². The van der Waals surface area contributed by atoms with Gasteiger partial charge in [-0.1, -0.05) is 11.6 Å². The van der Waals surface area contributed by atoms with Crippen molar-refractivity contribution in [2.24, 2.45) is 0 Å². The quantitative estimate of drug-likeness (QED) is 0.524. The van der Waals surface area contributed by atoms with Gasteiger partial charge in [-0.05, 0) is 20.9 Å². The molecule has 6 heteroatoms. The van der Waals surface area contributed by atoms with E-state index in [2.05, 4.69) is 16.8 Å². The zero-order chi connectivity index (χ0) is 13.6. The largest absolute Gasteiger partial charge is 0.304 e. The van der Waals surface area contributed by atoms with Gasteiger partial charge in [-0.25, -0.2) is 0 Å². The summed E-state index contributed by atoms with van der Waals surface area (Å²) in [5.41, 5.74) is 1.06. The Morgan fingerprint density at radius 2 is 1.83 bits per heavy atom. The molecule has 0 atom stereocenters. The molecule has 1 rings (SSSR count). The van der Waals surface area contributed by atoms with Crippen molar-refractivity contribution in [3.63, 3.8) is 0 Å². The van der Waals surface area contributed by atoms with E-state index in [4.69, 9.17) is 4.18 Å². The van der Waals surface area contributed by atoms with Gasteiger partial charge in [0.25, 0.3) is 10.1 Å². The molecule has 0 saturated carbocycles. The van der Waals surface area contributed by atoms with Crippen molar-refractivity contribution in [1.82, 2.24) is 9.80 Å². The fraction of sp³-hybridized carbons (Fsp3) is 0.833. The lowest BCUT2D eigenvalue weighted by Gasteiger charge is -2.32. The Balaban J connectivity index is 2.26. The fourth-order valence-corrected chi connectivity index (χ4v) is 2.55. The monoisotopic (exact) mass is 276 g/mol. The van der Waals surface area contributed by atoms with E-state index in [0.29, 0.717) is 6.54 Å². The van der Waals surface area contributed by atoms with E-state index in [1.807, 2.05) is 13.8 Å². The average molecular weight is 276 g/mol. The standard InChI is InChI=1S/C12H24N2O3S/c1-12(2)4-10-17-18(15,16)11-9-14-7-5-13(3)6-8-14/h4H,5-11H2,1-3H3. The van der Waals surface area contributed by atoms with Crippen LogP contribution in [-0.4, -0.2) is 70.3 Å². The van der Waals surface area contributed by atoms with Gasteiger partial charge in [0.05, 0.1) is 12.4 Å². The smallest absolute Gasteiger partial charge is 0.268 e. The number of hydrogen-bond acceptors (Lipinski definition) is 5. The highest BCUT2D eigenvalue weighted by Crippen LogP contribution is 2.02. The number of hydrogen-bond donors (Lipinski definition) is 0. The lowest BCUT2D eigenvalue weighted by Crippen LogP contribution is -2.45. The van der Waals surface area contributed by atoms with E-state index in [-0.39, 0.29) is 12.4 Å². The van der Waals surface area contributed by atoms with Crippen LogP contribution in [0.2, 0.25) is 0 Å². The van der Waals surface area contributed by atoms with E-state index in [9.17, 15) is 8.42 Å². The van der Waals surface area contributed by atoms with Crippen LogP contribution in [0.5, 0.6) is 0 Å². The predicted octanol–water partition coefficient (Wildman–Crippen LogP) is 0.546. The van der Waals surface area contributed by atoms with Crippen molar-refractivity contribution in [2.75, 3.05) is 52.1 Å². The van der Waals surface area contributed by atoms with Gasteiger partial charge >= 0.3 is 0 Å². The Morgan fingerprint density at radius 3 is 2.39 bits per heavy atom. The third kappa shape index (κ3) is 6.49. The summed E-state index contributed by atoms with van der Waals surface area (Å²) < 4.78 is 28.2. The highest BCUT2D eigenvalue weighted by atomic mass is 32.2. The van der Waals surface area contributed by atoms with Crippen LogP contribution < -0.4 is 0 Å². The molecule has 0 aliphatic carbocycles. The Morgan fingerprint density at radius 1 is 1.22 bits per heavy atom. The van der Waals surface area contributed by atoms with Crippen LogP contribution in [-0.2, 0) is 14.3 Å². The van der Waals surface area contributed by atoms with Crippen LogP contribution in [0.3, 0.4) is 0 Å². The molecule has 0 spiro atoms. The van der Waals surface area contributed by atoms with Crippen LogP contribution in [0.1, 0.15) is 13.8 Å². The molecule has 0 radical (unpaired) electrons. The lowest BCUT2D eigenvalue weighted by molar-refractivity contribution is 0.160. The summed E-state index contributed by atoms with van der Waals surface area (Å²) in [6.45, 7) is 8.40. The molecule has 0 aromatic rings. The molecular formula is C12H24N2O3S. The first-order valence-corrected chi connectivity index (χ1v) is 7.88. The molecule has 1 heterocycles. The second-order valence-electron chi connectivity index (χ2n) is 4.97. The molecule has 1 aliphatic heterocycles. The molecule has 106 valence electrons. The van der Waals surface area contributed by atoms with Crippen LogP contribution >= 0.6 is 0 Å². The normalized spacial score (nSPS) is 18.8. The van der Waals surface area contributed by atoms with Crippen molar-refractivity contribution < 1.29 is 12.6 Å². The fourth-order valence-electron chi connectivity index (χ4n) is 1.68. The molecular weight excluding hydrogens is 252 g/mol. The second-order valence-corrected chi connectivity index (χ2v) is 6.73. The van der Waals surface area contributed by atoms with E-state index in [1.165, 1.54) is 0 Å². The van der Waals surface area contributed by atoms with Crippen molar-refractivity contribution in [3.8, 4) is 0 Å². The minimum absolute atomic E-state index is 0.0767. The maximum Gasteiger partial charge on any atom is 0.268 e. The van der Waals surface area contributed by atoms with Gasteiger partial charge in [-0.3, -0.25) is 9.08 Å². The van der Waals surface area contributed by atoms with Gasteiger partial charge < -0.3 is 4.90 Å².